The van der Waals surface area contributed by atoms with E-state index in [1.165, 1.54) is 0 Å². The van der Waals surface area contributed by atoms with Gasteiger partial charge in [-0.15, -0.1) is 0 Å². The number of aliphatic hydroxyl groups excluding tert-OH is 1. The Morgan fingerprint density at radius 1 is 1.00 bits per heavy atom. The van der Waals surface area contributed by atoms with Crippen molar-refractivity contribution in [3.63, 3.8) is 0 Å². The van der Waals surface area contributed by atoms with Gasteiger partial charge in [0.05, 0.1) is 24.2 Å². The average molecular weight is 385 g/mol. The lowest BCUT2D eigenvalue weighted by atomic mass is 10.1. The molecule has 0 aliphatic heterocycles. The number of nitrogens with one attached hydrogen (secondary N) is 1. The molecule has 27 heavy (non-hydrogen) atoms. The number of ether oxygens (including phenoxy) is 1. The Labute approximate surface area is 159 Å². The molecule has 3 aromatic rings. The maximum Gasteiger partial charge on any atom is 0.241 e. The standard InChI is InChI=1S/C21H23NO4S/c1-16-9-11-18(12-10-16)20(26-14-13-23)15-22-27(24,25)21-8-4-6-17-5-2-3-7-19(17)21/h2-12,20,22-23H,13-15H2,1H3. The summed E-state index contributed by atoms with van der Waals surface area (Å²) in [4.78, 5) is 0.241. The zero-order valence-electron chi connectivity index (χ0n) is 15.1. The molecule has 0 bridgehead atoms. The van der Waals surface area contributed by atoms with Crippen LogP contribution >= 0.6 is 0 Å². The Bertz CT molecular complexity index is 995. The first-order chi connectivity index (χ1) is 13.0. The lowest BCUT2D eigenvalue weighted by Crippen LogP contribution is -2.30. The Kier molecular flexibility index (Phi) is 6.23. The van der Waals surface area contributed by atoms with Crippen LogP contribution in [0.1, 0.15) is 17.2 Å². The molecule has 0 spiro atoms. The molecule has 1 unspecified atom stereocenters. The molecule has 0 saturated carbocycles. The van der Waals surface area contributed by atoms with Gasteiger partial charge in [-0.2, -0.15) is 0 Å². The lowest BCUT2D eigenvalue weighted by Gasteiger charge is -2.19. The van der Waals surface area contributed by atoms with Crippen LogP contribution in [0.2, 0.25) is 0 Å². The first kappa shape index (κ1) is 19.5. The molecule has 0 amide bonds. The van der Waals surface area contributed by atoms with E-state index >= 15 is 0 Å². The largest absolute Gasteiger partial charge is 0.394 e. The molecule has 0 radical (unpaired) electrons. The molecule has 0 aliphatic carbocycles. The second kappa shape index (κ2) is 8.63. The highest BCUT2D eigenvalue weighted by molar-refractivity contribution is 7.89. The Balaban J connectivity index is 1.83. The predicted molar refractivity (Wildman–Crippen MR) is 106 cm³/mol. The maximum atomic E-state index is 12.9. The molecule has 2 N–H and O–H groups in total. The van der Waals surface area contributed by atoms with Crippen LogP contribution in [0.3, 0.4) is 0 Å². The van der Waals surface area contributed by atoms with Crippen LogP contribution in [0.25, 0.3) is 10.8 Å². The van der Waals surface area contributed by atoms with Gasteiger partial charge in [-0.05, 0) is 23.9 Å². The topological polar surface area (TPSA) is 75.6 Å². The smallest absolute Gasteiger partial charge is 0.241 e. The lowest BCUT2D eigenvalue weighted by molar-refractivity contribution is 0.0309. The highest BCUT2D eigenvalue weighted by Crippen LogP contribution is 2.24. The summed E-state index contributed by atoms with van der Waals surface area (Å²) in [5.41, 5.74) is 1.96. The molecule has 3 rings (SSSR count). The summed E-state index contributed by atoms with van der Waals surface area (Å²) >= 11 is 0. The molecule has 0 saturated heterocycles. The van der Waals surface area contributed by atoms with E-state index in [-0.39, 0.29) is 24.7 Å². The molecule has 0 heterocycles. The molecule has 0 aromatic heterocycles. The van der Waals surface area contributed by atoms with E-state index in [0.29, 0.717) is 5.39 Å². The first-order valence-corrected chi connectivity index (χ1v) is 10.3. The van der Waals surface area contributed by atoms with E-state index < -0.39 is 16.1 Å². The number of hydrogen-bond donors (Lipinski definition) is 2. The van der Waals surface area contributed by atoms with E-state index in [1.807, 2.05) is 55.5 Å². The van der Waals surface area contributed by atoms with Crippen molar-refractivity contribution in [2.45, 2.75) is 17.9 Å². The average Bonchev–Trinajstić information content (AvgIpc) is 2.68. The number of rotatable bonds is 8. The van der Waals surface area contributed by atoms with Crippen LogP contribution in [-0.2, 0) is 14.8 Å². The SMILES string of the molecule is Cc1ccc(C(CNS(=O)(=O)c2cccc3ccccc23)OCCO)cc1. The van der Waals surface area contributed by atoms with Crippen molar-refractivity contribution in [3.8, 4) is 0 Å². The molecule has 142 valence electrons. The van der Waals surface area contributed by atoms with Crippen LogP contribution < -0.4 is 4.72 Å². The van der Waals surface area contributed by atoms with Crippen LogP contribution in [0.15, 0.2) is 71.6 Å². The molecule has 5 nitrogen and oxygen atoms in total. The quantitative estimate of drug-likeness (QED) is 0.624. The second-order valence-corrected chi connectivity index (χ2v) is 8.06. The van der Waals surface area contributed by atoms with E-state index in [0.717, 1.165) is 16.5 Å². The van der Waals surface area contributed by atoms with E-state index in [1.54, 1.807) is 18.2 Å². The van der Waals surface area contributed by atoms with Gasteiger partial charge in [-0.1, -0.05) is 66.2 Å². The van der Waals surface area contributed by atoms with Gasteiger partial charge < -0.3 is 9.84 Å². The molecule has 0 aliphatic rings. The predicted octanol–water partition coefficient (Wildman–Crippen LogP) is 3.18. The van der Waals surface area contributed by atoms with Gasteiger partial charge in [0.15, 0.2) is 0 Å². The summed E-state index contributed by atoms with van der Waals surface area (Å²) in [5.74, 6) is 0. The van der Waals surface area contributed by atoms with Crippen molar-refractivity contribution >= 4 is 20.8 Å². The number of sulfonamides is 1. The zero-order chi connectivity index (χ0) is 19.3. The van der Waals surface area contributed by atoms with Crippen molar-refractivity contribution in [2.24, 2.45) is 0 Å². The summed E-state index contributed by atoms with van der Waals surface area (Å²) < 4.78 is 34.1. The summed E-state index contributed by atoms with van der Waals surface area (Å²) in [6.07, 6.45) is -0.484. The minimum Gasteiger partial charge on any atom is -0.394 e. The van der Waals surface area contributed by atoms with Crippen molar-refractivity contribution in [2.75, 3.05) is 19.8 Å². The fourth-order valence-corrected chi connectivity index (χ4v) is 4.20. The summed E-state index contributed by atoms with van der Waals surface area (Å²) in [6, 6.07) is 20.3. The Hall–Kier alpha value is -2.25. The molecule has 6 heteroatoms. The summed E-state index contributed by atoms with van der Waals surface area (Å²) in [6.45, 7) is 2.07. The zero-order valence-corrected chi connectivity index (χ0v) is 15.9. The fraction of sp³-hybridized carbons (Fsp3) is 0.238. The van der Waals surface area contributed by atoms with Gasteiger partial charge >= 0.3 is 0 Å². The maximum absolute atomic E-state index is 12.9. The molecular formula is C21H23NO4S. The third kappa shape index (κ3) is 4.73. The Morgan fingerprint density at radius 3 is 2.44 bits per heavy atom. The van der Waals surface area contributed by atoms with Crippen LogP contribution in [-0.4, -0.2) is 33.3 Å². The third-order valence-corrected chi connectivity index (χ3v) is 5.84. The normalized spacial score (nSPS) is 13.0. The van der Waals surface area contributed by atoms with Gasteiger partial charge in [0.1, 0.15) is 0 Å². The third-order valence-electron chi connectivity index (χ3n) is 4.36. The number of aryl methyl sites for hydroxylation is 1. The van der Waals surface area contributed by atoms with Gasteiger partial charge in [-0.3, -0.25) is 0 Å². The second-order valence-electron chi connectivity index (χ2n) is 6.32. The molecule has 3 aromatic carbocycles. The number of aliphatic hydroxyl groups is 1. The summed E-state index contributed by atoms with van der Waals surface area (Å²) in [7, 11) is -3.72. The number of benzene rings is 3. The van der Waals surface area contributed by atoms with Crippen molar-refractivity contribution in [1.82, 2.24) is 4.72 Å². The van der Waals surface area contributed by atoms with Crippen LogP contribution in [0.5, 0.6) is 0 Å². The highest BCUT2D eigenvalue weighted by atomic mass is 32.2. The highest BCUT2D eigenvalue weighted by Gasteiger charge is 2.20. The van der Waals surface area contributed by atoms with E-state index in [2.05, 4.69) is 4.72 Å². The molecule has 0 fully saturated rings. The first-order valence-electron chi connectivity index (χ1n) is 8.78. The monoisotopic (exact) mass is 385 g/mol. The fourth-order valence-electron chi connectivity index (χ4n) is 2.94. The minimum absolute atomic E-state index is 0.0780. The molecule has 1 atom stereocenters. The van der Waals surface area contributed by atoms with Crippen LogP contribution in [0, 0.1) is 6.92 Å². The van der Waals surface area contributed by atoms with Gasteiger partial charge in [0.25, 0.3) is 0 Å². The van der Waals surface area contributed by atoms with Crippen LogP contribution in [0.4, 0.5) is 0 Å². The van der Waals surface area contributed by atoms with Crippen molar-refractivity contribution in [1.29, 1.82) is 0 Å². The van der Waals surface area contributed by atoms with Crippen molar-refractivity contribution in [3.05, 3.63) is 77.9 Å². The Morgan fingerprint density at radius 2 is 1.70 bits per heavy atom. The number of fused-ring (bicyclic) bond motifs is 1. The van der Waals surface area contributed by atoms with Gasteiger partial charge in [0, 0.05) is 11.9 Å². The van der Waals surface area contributed by atoms with Gasteiger partial charge in [0.2, 0.25) is 10.0 Å². The number of hydrogen-bond acceptors (Lipinski definition) is 4. The van der Waals surface area contributed by atoms with E-state index in [9.17, 15) is 8.42 Å². The summed E-state index contributed by atoms with van der Waals surface area (Å²) in [5, 5.41) is 10.6. The minimum atomic E-state index is -3.72. The van der Waals surface area contributed by atoms with E-state index in [4.69, 9.17) is 9.84 Å². The van der Waals surface area contributed by atoms with Gasteiger partial charge in [-0.25, -0.2) is 13.1 Å². The molecular weight excluding hydrogens is 362 g/mol. The van der Waals surface area contributed by atoms with Crippen molar-refractivity contribution < 1.29 is 18.3 Å².